The van der Waals surface area contributed by atoms with E-state index in [1.54, 1.807) is 0 Å². The number of hydrogen-bond acceptors (Lipinski definition) is 2. The van der Waals surface area contributed by atoms with Crippen LogP contribution in [0.3, 0.4) is 0 Å². The highest BCUT2D eigenvalue weighted by atomic mass is 16.2. The van der Waals surface area contributed by atoms with Gasteiger partial charge in [-0.2, -0.15) is 0 Å². The Labute approximate surface area is 59.2 Å². The maximum absolute atomic E-state index is 10.7. The van der Waals surface area contributed by atoms with E-state index in [0.29, 0.717) is 0 Å². The van der Waals surface area contributed by atoms with Crippen molar-refractivity contribution in [2.45, 2.75) is 0 Å². The Hall–Kier alpha value is -1.38. The summed E-state index contributed by atoms with van der Waals surface area (Å²) in [5.41, 5.74) is 4.53. The molecular weight excluding hydrogens is 130 g/mol. The van der Waals surface area contributed by atoms with Crippen molar-refractivity contribution >= 4 is 11.7 Å². The third-order valence-electron chi connectivity index (χ3n) is 0.864. The van der Waals surface area contributed by atoms with Crippen LogP contribution >= 0.6 is 0 Å². The molecule has 0 aromatic carbocycles. The van der Waals surface area contributed by atoms with Crippen molar-refractivity contribution in [1.82, 2.24) is 0 Å². The monoisotopic (exact) mass is 138 g/mol. The van der Waals surface area contributed by atoms with Gasteiger partial charge in [0.05, 0.1) is 12.0 Å². The van der Waals surface area contributed by atoms with Crippen LogP contribution in [-0.4, -0.2) is 11.7 Å². The van der Waals surface area contributed by atoms with Gasteiger partial charge in [-0.3, -0.25) is 9.59 Å². The van der Waals surface area contributed by atoms with E-state index < -0.39 is 11.7 Å². The molecule has 0 atom stereocenters. The number of carbonyl (C=O) groups is 2. The van der Waals surface area contributed by atoms with Crippen LogP contribution in [0, 0.1) is 6.42 Å². The summed E-state index contributed by atoms with van der Waals surface area (Å²) in [7, 11) is 0. The van der Waals surface area contributed by atoms with Gasteiger partial charge in [-0.05, 0) is 0 Å². The van der Waals surface area contributed by atoms with E-state index in [1.165, 1.54) is 6.08 Å². The quantitative estimate of drug-likeness (QED) is 0.337. The maximum atomic E-state index is 10.7. The molecule has 3 nitrogen and oxygen atoms in total. The molecule has 0 aromatic heterocycles. The standard InChI is InChI=1S/C7H8NO2/c1-3-4-6(9)5(2)7(8)10/h3-4H,1-2H2,(H2,8,10). The molecular formula is C7H8NO2. The summed E-state index contributed by atoms with van der Waals surface area (Å²) < 4.78 is 0. The number of ketones is 1. The molecule has 0 aliphatic rings. The minimum absolute atomic E-state index is 0.222. The predicted molar refractivity (Wildman–Crippen MR) is 37.8 cm³/mol. The lowest BCUT2D eigenvalue weighted by Crippen LogP contribution is -2.19. The SMILES string of the molecule is C=C[CH]C(=O)C(=C)C(N)=O. The van der Waals surface area contributed by atoms with E-state index >= 15 is 0 Å². The number of nitrogens with two attached hydrogens (primary N) is 1. The maximum Gasteiger partial charge on any atom is 0.251 e. The molecule has 0 saturated carbocycles. The minimum atomic E-state index is -0.803. The van der Waals surface area contributed by atoms with Crippen LogP contribution in [-0.2, 0) is 9.59 Å². The van der Waals surface area contributed by atoms with E-state index in [4.69, 9.17) is 5.73 Å². The summed E-state index contributed by atoms with van der Waals surface area (Å²) >= 11 is 0. The summed E-state index contributed by atoms with van der Waals surface area (Å²) in [6.07, 6.45) is 2.41. The van der Waals surface area contributed by atoms with Crippen LogP contribution in [0.25, 0.3) is 0 Å². The van der Waals surface area contributed by atoms with Crippen LogP contribution in [0.15, 0.2) is 24.8 Å². The molecule has 0 rings (SSSR count). The minimum Gasteiger partial charge on any atom is -0.366 e. The Morgan fingerprint density at radius 1 is 1.40 bits per heavy atom. The van der Waals surface area contributed by atoms with Gasteiger partial charge < -0.3 is 5.73 Å². The predicted octanol–water partition coefficient (Wildman–Crippen LogP) is -0.0127. The van der Waals surface area contributed by atoms with Gasteiger partial charge in [-0.25, -0.2) is 0 Å². The highest BCUT2D eigenvalue weighted by Gasteiger charge is 2.09. The van der Waals surface area contributed by atoms with Gasteiger partial charge in [-0.15, -0.1) is 6.58 Å². The van der Waals surface area contributed by atoms with E-state index in [2.05, 4.69) is 13.2 Å². The van der Waals surface area contributed by atoms with Crippen LogP contribution in [0.2, 0.25) is 0 Å². The highest BCUT2D eigenvalue weighted by Crippen LogP contribution is 1.94. The van der Waals surface area contributed by atoms with E-state index in [-0.39, 0.29) is 5.57 Å². The van der Waals surface area contributed by atoms with Crippen molar-refractivity contribution < 1.29 is 9.59 Å². The zero-order valence-corrected chi connectivity index (χ0v) is 5.46. The molecule has 53 valence electrons. The summed E-state index contributed by atoms with van der Waals surface area (Å²) in [6, 6.07) is 0. The summed E-state index contributed by atoms with van der Waals surface area (Å²) in [4.78, 5) is 20.9. The first-order chi connectivity index (χ1) is 4.59. The molecule has 0 bridgehead atoms. The number of primary amides is 1. The molecule has 1 amide bonds. The third kappa shape index (κ3) is 2.26. The van der Waals surface area contributed by atoms with Gasteiger partial charge >= 0.3 is 0 Å². The largest absolute Gasteiger partial charge is 0.366 e. The van der Waals surface area contributed by atoms with E-state index in [1.807, 2.05) is 0 Å². The number of rotatable bonds is 4. The van der Waals surface area contributed by atoms with E-state index in [9.17, 15) is 9.59 Å². The Balaban J connectivity index is 4.08. The van der Waals surface area contributed by atoms with Crippen molar-refractivity contribution in [3.8, 4) is 0 Å². The lowest BCUT2D eigenvalue weighted by Gasteiger charge is -1.93. The number of Topliss-reactive ketones (excluding diaryl/α,β-unsaturated/α-hetero) is 1. The Kier molecular flexibility index (Phi) is 3.11. The van der Waals surface area contributed by atoms with Crippen LogP contribution in [0.4, 0.5) is 0 Å². The molecule has 0 spiro atoms. The second kappa shape index (κ2) is 3.61. The number of carbonyl (C=O) groups excluding carboxylic acids is 2. The first-order valence-corrected chi connectivity index (χ1v) is 2.58. The van der Waals surface area contributed by atoms with Gasteiger partial charge in [0.2, 0.25) is 0 Å². The Morgan fingerprint density at radius 3 is 2.20 bits per heavy atom. The first-order valence-electron chi connectivity index (χ1n) is 2.58. The molecule has 0 saturated heterocycles. The number of amides is 1. The fourth-order valence-electron chi connectivity index (χ4n) is 0.329. The van der Waals surface area contributed by atoms with Gasteiger partial charge in [0.15, 0.2) is 5.78 Å². The molecule has 3 heteroatoms. The average molecular weight is 138 g/mol. The van der Waals surface area contributed by atoms with Crippen LogP contribution in [0.1, 0.15) is 0 Å². The van der Waals surface area contributed by atoms with Gasteiger partial charge in [0.25, 0.3) is 5.91 Å². The summed E-state index contributed by atoms with van der Waals surface area (Å²) in [6.45, 7) is 6.44. The second-order valence-corrected chi connectivity index (χ2v) is 1.61. The Bertz CT molecular complexity index is 194. The number of hydrogen-bond donors (Lipinski definition) is 1. The van der Waals surface area contributed by atoms with Crippen molar-refractivity contribution in [2.24, 2.45) is 5.73 Å². The van der Waals surface area contributed by atoms with Gasteiger partial charge in [0, 0.05) is 0 Å². The smallest absolute Gasteiger partial charge is 0.251 e. The van der Waals surface area contributed by atoms with Crippen molar-refractivity contribution in [1.29, 1.82) is 0 Å². The molecule has 0 aliphatic carbocycles. The molecule has 0 fully saturated rings. The molecule has 0 unspecified atom stereocenters. The summed E-state index contributed by atoms with van der Waals surface area (Å²) in [5.74, 6) is -1.30. The zero-order chi connectivity index (χ0) is 8.15. The van der Waals surface area contributed by atoms with Crippen molar-refractivity contribution in [2.75, 3.05) is 0 Å². The lowest BCUT2D eigenvalue weighted by molar-refractivity contribution is -0.119. The second-order valence-electron chi connectivity index (χ2n) is 1.61. The topological polar surface area (TPSA) is 60.2 Å². The molecule has 1 radical (unpaired) electrons. The molecule has 0 aliphatic heterocycles. The third-order valence-corrected chi connectivity index (χ3v) is 0.864. The normalized spacial score (nSPS) is 8.40. The van der Waals surface area contributed by atoms with E-state index in [0.717, 1.165) is 6.42 Å². The molecule has 0 aromatic rings. The van der Waals surface area contributed by atoms with Gasteiger partial charge in [0.1, 0.15) is 0 Å². The lowest BCUT2D eigenvalue weighted by atomic mass is 10.1. The Morgan fingerprint density at radius 2 is 1.90 bits per heavy atom. The summed E-state index contributed by atoms with van der Waals surface area (Å²) in [5, 5.41) is 0. The molecule has 0 heterocycles. The molecule has 2 N–H and O–H groups in total. The zero-order valence-electron chi connectivity index (χ0n) is 5.46. The van der Waals surface area contributed by atoms with Crippen molar-refractivity contribution in [3.05, 3.63) is 31.2 Å². The van der Waals surface area contributed by atoms with Crippen LogP contribution in [0.5, 0.6) is 0 Å². The fraction of sp³-hybridized carbons (Fsp3) is 0. The molecule has 10 heavy (non-hydrogen) atoms. The fourth-order valence-corrected chi connectivity index (χ4v) is 0.329. The van der Waals surface area contributed by atoms with Gasteiger partial charge in [-0.1, -0.05) is 12.7 Å². The number of allylic oxidation sites excluding steroid dienone is 1. The van der Waals surface area contributed by atoms with Crippen LogP contribution < -0.4 is 5.73 Å². The average Bonchev–Trinajstić information content (AvgIpc) is 1.87. The highest BCUT2D eigenvalue weighted by molar-refractivity contribution is 6.21. The first kappa shape index (κ1) is 8.62. The van der Waals surface area contributed by atoms with Crippen molar-refractivity contribution in [3.63, 3.8) is 0 Å².